The Morgan fingerprint density at radius 3 is 2.15 bits per heavy atom. The van der Waals surface area contributed by atoms with Gasteiger partial charge >= 0.3 is 0 Å². The van der Waals surface area contributed by atoms with Gasteiger partial charge in [-0.05, 0) is 44.6 Å². The van der Waals surface area contributed by atoms with Crippen LogP contribution in [0.3, 0.4) is 0 Å². The van der Waals surface area contributed by atoms with Crippen LogP contribution >= 0.6 is 0 Å². The maximum atomic E-state index is 11.6. The summed E-state index contributed by atoms with van der Waals surface area (Å²) in [6, 6.07) is 6.06. The molecule has 0 N–H and O–H groups in total. The summed E-state index contributed by atoms with van der Waals surface area (Å²) in [6.07, 6.45) is 3.00. The summed E-state index contributed by atoms with van der Waals surface area (Å²) >= 11 is 0. The second-order valence-corrected chi connectivity index (χ2v) is 5.53. The second kappa shape index (κ2) is 5.83. The molecule has 1 aromatic carbocycles. The Morgan fingerprint density at radius 1 is 1.05 bits per heavy atom. The summed E-state index contributed by atoms with van der Waals surface area (Å²) < 4.78 is 10.7. The van der Waals surface area contributed by atoms with Crippen LogP contribution in [0.2, 0.25) is 0 Å². The van der Waals surface area contributed by atoms with E-state index in [0.717, 1.165) is 24.3 Å². The third-order valence-electron chi connectivity index (χ3n) is 4.41. The SMILES string of the molecule is COc1ccc(C2(N(C)C)CCC(=O)CC2)cc1OC. The summed E-state index contributed by atoms with van der Waals surface area (Å²) in [5.41, 5.74) is 1.10. The molecule has 0 aliphatic heterocycles. The lowest BCUT2D eigenvalue weighted by Crippen LogP contribution is -2.44. The maximum Gasteiger partial charge on any atom is 0.161 e. The van der Waals surface area contributed by atoms with Crippen LogP contribution in [-0.4, -0.2) is 39.0 Å². The van der Waals surface area contributed by atoms with Crippen molar-refractivity contribution in [2.24, 2.45) is 0 Å². The summed E-state index contributed by atoms with van der Waals surface area (Å²) in [5, 5.41) is 0. The molecular formula is C16H23NO3. The van der Waals surface area contributed by atoms with Gasteiger partial charge in [0.15, 0.2) is 11.5 Å². The molecule has 110 valence electrons. The summed E-state index contributed by atoms with van der Waals surface area (Å²) in [5.74, 6) is 1.84. The lowest BCUT2D eigenvalue weighted by Gasteiger charge is -2.43. The van der Waals surface area contributed by atoms with Gasteiger partial charge < -0.3 is 9.47 Å². The Hall–Kier alpha value is -1.55. The number of hydrogen-bond donors (Lipinski definition) is 0. The molecule has 1 saturated carbocycles. The van der Waals surface area contributed by atoms with Gasteiger partial charge in [0, 0.05) is 18.4 Å². The van der Waals surface area contributed by atoms with Crippen molar-refractivity contribution in [1.82, 2.24) is 4.90 Å². The van der Waals surface area contributed by atoms with Gasteiger partial charge in [-0.2, -0.15) is 0 Å². The highest BCUT2D eigenvalue weighted by molar-refractivity contribution is 5.79. The second-order valence-electron chi connectivity index (χ2n) is 5.53. The van der Waals surface area contributed by atoms with Crippen molar-refractivity contribution in [3.63, 3.8) is 0 Å². The third kappa shape index (κ3) is 2.52. The van der Waals surface area contributed by atoms with Crippen LogP contribution in [0.4, 0.5) is 0 Å². The van der Waals surface area contributed by atoms with E-state index in [2.05, 4.69) is 25.1 Å². The van der Waals surface area contributed by atoms with Gasteiger partial charge in [0.05, 0.1) is 14.2 Å². The lowest BCUT2D eigenvalue weighted by atomic mass is 9.75. The van der Waals surface area contributed by atoms with Gasteiger partial charge in [0.2, 0.25) is 0 Å². The average Bonchev–Trinajstić information content (AvgIpc) is 2.47. The van der Waals surface area contributed by atoms with Crippen LogP contribution in [0.25, 0.3) is 0 Å². The Balaban J connectivity index is 2.42. The fourth-order valence-electron chi connectivity index (χ4n) is 3.06. The lowest BCUT2D eigenvalue weighted by molar-refractivity contribution is -0.122. The van der Waals surface area contributed by atoms with Gasteiger partial charge in [-0.25, -0.2) is 0 Å². The zero-order valence-corrected chi connectivity index (χ0v) is 12.7. The van der Waals surface area contributed by atoms with E-state index in [1.165, 1.54) is 5.56 Å². The summed E-state index contributed by atoms with van der Waals surface area (Å²) in [7, 11) is 7.44. The van der Waals surface area contributed by atoms with Crippen molar-refractivity contribution in [2.45, 2.75) is 31.2 Å². The molecule has 2 rings (SSSR count). The molecule has 0 bridgehead atoms. The largest absolute Gasteiger partial charge is 0.493 e. The molecule has 1 aromatic rings. The number of rotatable bonds is 4. The van der Waals surface area contributed by atoms with E-state index < -0.39 is 0 Å². The molecule has 20 heavy (non-hydrogen) atoms. The molecule has 0 amide bonds. The quantitative estimate of drug-likeness (QED) is 0.848. The van der Waals surface area contributed by atoms with Crippen molar-refractivity contribution in [3.8, 4) is 11.5 Å². The minimum absolute atomic E-state index is 0.0898. The Kier molecular flexibility index (Phi) is 4.33. The number of carbonyl (C=O) groups excluding carboxylic acids is 1. The molecule has 4 nitrogen and oxygen atoms in total. The Bertz CT molecular complexity index is 486. The fraction of sp³-hybridized carbons (Fsp3) is 0.562. The highest BCUT2D eigenvalue weighted by Gasteiger charge is 2.38. The van der Waals surface area contributed by atoms with E-state index in [9.17, 15) is 4.79 Å². The van der Waals surface area contributed by atoms with Gasteiger partial charge in [-0.3, -0.25) is 9.69 Å². The molecule has 0 saturated heterocycles. The predicted octanol–water partition coefficient (Wildman–Crippen LogP) is 2.60. The van der Waals surface area contributed by atoms with Crippen LogP contribution < -0.4 is 9.47 Å². The number of nitrogens with zero attached hydrogens (tertiary/aromatic N) is 1. The van der Waals surface area contributed by atoms with Gasteiger partial charge in [-0.1, -0.05) is 6.07 Å². The molecule has 0 heterocycles. The number of ketones is 1. The molecule has 1 fully saturated rings. The summed E-state index contributed by atoms with van der Waals surface area (Å²) in [6.45, 7) is 0. The smallest absolute Gasteiger partial charge is 0.161 e. The topological polar surface area (TPSA) is 38.8 Å². The van der Waals surface area contributed by atoms with Gasteiger partial charge in [-0.15, -0.1) is 0 Å². The first kappa shape index (κ1) is 14.9. The number of ether oxygens (including phenoxy) is 2. The van der Waals surface area contributed by atoms with E-state index in [0.29, 0.717) is 18.6 Å². The van der Waals surface area contributed by atoms with Crippen molar-refractivity contribution in [2.75, 3.05) is 28.3 Å². The van der Waals surface area contributed by atoms with E-state index in [1.54, 1.807) is 14.2 Å². The molecule has 0 spiro atoms. The van der Waals surface area contributed by atoms with Crippen molar-refractivity contribution in [1.29, 1.82) is 0 Å². The highest BCUT2D eigenvalue weighted by Crippen LogP contribution is 2.42. The number of hydrogen-bond acceptors (Lipinski definition) is 4. The Morgan fingerprint density at radius 2 is 1.65 bits per heavy atom. The number of carbonyl (C=O) groups is 1. The van der Waals surface area contributed by atoms with Gasteiger partial charge in [0.25, 0.3) is 0 Å². The van der Waals surface area contributed by atoms with Crippen LogP contribution in [-0.2, 0) is 10.3 Å². The normalized spacial score (nSPS) is 18.1. The monoisotopic (exact) mass is 277 g/mol. The fourth-order valence-corrected chi connectivity index (χ4v) is 3.06. The summed E-state index contributed by atoms with van der Waals surface area (Å²) in [4.78, 5) is 13.8. The molecule has 0 unspecified atom stereocenters. The van der Waals surface area contributed by atoms with E-state index in [-0.39, 0.29) is 5.54 Å². The van der Waals surface area contributed by atoms with E-state index in [1.807, 2.05) is 12.1 Å². The molecule has 1 aliphatic carbocycles. The molecule has 0 atom stereocenters. The first-order chi connectivity index (χ1) is 9.53. The van der Waals surface area contributed by atoms with Gasteiger partial charge in [0.1, 0.15) is 5.78 Å². The number of methoxy groups -OCH3 is 2. The predicted molar refractivity (Wildman–Crippen MR) is 78.4 cm³/mol. The van der Waals surface area contributed by atoms with Crippen molar-refractivity contribution < 1.29 is 14.3 Å². The molecule has 1 aliphatic rings. The maximum absolute atomic E-state index is 11.6. The zero-order chi connectivity index (χ0) is 14.8. The van der Waals surface area contributed by atoms with Crippen molar-refractivity contribution in [3.05, 3.63) is 23.8 Å². The number of benzene rings is 1. The minimum atomic E-state index is -0.0898. The average molecular weight is 277 g/mol. The minimum Gasteiger partial charge on any atom is -0.493 e. The Labute approximate surface area is 120 Å². The highest BCUT2D eigenvalue weighted by atomic mass is 16.5. The zero-order valence-electron chi connectivity index (χ0n) is 12.7. The molecular weight excluding hydrogens is 254 g/mol. The van der Waals surface area contributed by atoms with E-state index >= 15 is 0 Å². The van der Waals surface area contributed by atoms with Crippen LogP contribution in [0.15, 0.2) is 18.2 Å². The first-order valence-corrected chi connectivity index (χ1v) is 6.95. The van der Waals surface area contributed by atoms with Crippen LogP contribution in [0.1, 0.15) is 31.2 Å². The molecule has 4 heteroatoms. The van der Waals surface area contributed by atoms with Crippen LogP contribution in [0, 0.1) is 0 Å². The standard InChI is InChI=1S/C16H23NO3/c1-17(2)16(9-7-13(18)8-10-16)12-5-6-14(19-3)15(11-12)20-4/h5-6,11H,7-10H2,1-4H3. The van der Waals surface area contributed by atoms with Crippen molar-refractivity contribution >= 4 is 5.78 Å². The molecule has 0 aromatic heterocycles. The number of Topliss-reactive ketones (excluding diaryl/α,β-unsaturated/α-hetero) is 1. The molecule has 0 radical (unpaired) electrons. The first-order valence-electron chi connectivity index (χ1n) is 6.95. The third-order valence-corrected chi connectivity index (χ3v) is 4.41. The van der Waals surface area contributed by atoms with Crippen LogP contribution in [0.5, 0.6) is 11.5 Å². The van der Waals surface area contributed by atoms with E-state index in [4.69, 9.17) is 9.47 Å².